The van der Waals surface area contributed by atoms with Gasteiger partial charge < -0.3 is 14.7 Å². The molecule has 1 aliphatic rings. The van der Waals surface area contributed by atoms with Crippen molar-refractivity contribution in [2.45, 2.75) is 25.4 Å². The lowest BCUT2D eigenvalue weighted by Gasteiger charge is -2.29. The van der Waals surface area contributed by atoms with Gasteiger partial charge in [0.05, 0.1) is 12.7 Å². The maximum absolute atomic E-state index is 9.52. The third-order valence-electron chi connectivity index (χ3n) is 4.39. The van der Waals surface area contributed by atoms with E-state index in [0.717, 1.165) is 51.3 Å². The molecular weight excluding hydrogens is 286 g/mol. The molecule has 0 amide bonds. The topological polar surface area (TPSA) is 32.7 Å². The number of hydrogen-bond donors (Lipinski definition) is 1. The summed E-state index contributed by atoms with van der Waals surface area (Å²) in [6, 6.07) is 18.6. The Kier molecular flexibility index (Phi) is 5.67. The SMILES string of the molecule is OC1CCN(CCCOc2cccc(-c3ccccc3)c2)CC1. The lowest BCUT2D eigenvalue weighted by Crippen LogP contribution is -2.36. The smallest absolute Gasteiger partial charge is 0.119 e. The van der Waals surface area contributed by atoms with E-state index in [0.29, 0.717) is 0 Å². The zero-order valence-electron chi connectivity index (χ0n) is 13.5. The van der Waals surface area contributed by atoms with Crippen molar-refractivity contribution < 1.29 is 9.84 Å². The Morgan fingerprint density at radius 1 is 0.957 bits per heavy atom. The van der Waals surface area contributed by atoms with Crippen molar-refractivity contribution in [1.82, 2.24) is 4.90 Å². The Morgan fingerprint density at radius 2 is 1.70 bits per heavy atom. The molecule has 0 saturated carbocycles. The predicted molar refractivity (Wildman–Crippen MR) is 93.7 cm³/mol. The largest absolute Gasteiger partial charge is 0.494 e. The molecule has 1 saturated heterocycles. The van der Waals surface area contributed by atoms with Crippen LogP contribution in [0.25, 0.3) is 11.1 Å². The molecule has 122 valence electrons. The van der Waals surface area contributed by atoms with Gasteiger partial charge in [-0.15, -0.1) is 0 Å². The summed E-state index contributed by atoms with van der Waals surface area (Å²) in [6.45, 7) is 3.79. The maximum Gasteiger partial charge on any atom is 0.119 e. The minimum absolute atomic E-state index is 0.0942. The molecule has 0 aliphatic carbocycles. The van der Waals surface area contributed by atoms with Crippen LogP contribution in [-0.4, -0.2) is 42.4 Å². The molecule has 0 aromatic heterocycles. The molecule has 2 aromatic carbocycles. The van der Waals surface area contributed by atoms with Crippen LogP contribution in [0.15, 0.2) is 54.6 Å². The number of likely N-dealkylation sites (tertiary alicyclic amines) is 1. The summed E-state index contributed by atoms with van der Waals surface area (Å²) in [7, 11) is 0. The number of aliphatic hydroxyl groups excluding tert-OH is 1. The molecule has 0 bridgehead atoms. The molecule has 1 heterocycles. The Balaban J connectivity index is 1.45. The molecule has 0 radical (unpaired) electrons. The Bertz CT molecular complexity index is 592. The van der Waals surface area contributed by atoms with Gasteiger partial charge in [0.1, 0.15) is 5.75 Å². The number of rotatable bonds is 6. The van der Waals surface area contributed by atoms with Crippen molar-refractivity contribution in [2.24, 2.45) is 0 Å². The van der Waals surface area contributed by atoms with Crippen LogP contribution < -0.4 is 4.74 Å². The number of piperidine rings is 1. The summed E-state index contributed by atoms with van der Waals surface area (Å²) in [5, 5.41) is 9.52. The third-order valence-corrected chi connectivity index (χ3v) is 4.39. The van der Waals surface area contributed by atoms with Gasteiger partial charge in [-0.25, -0.2) is 0 Å². The summed E-state index contributed by atoms with van der Waals surface area (Å²) < 4.78 is 5.90. The van der Waals surface area contributed by atoms with Crippen molar-refractivity contribution in [3.05, 3.63) is 54.6 Å². The highest BCUT2D eigenvalue weighted by Gasteiger charge is 2.16. The first-order chi connectivity index (χ1) is 11.3. The Hall–Kier alpha value is -1.84. The van der Waals surface area contributed by atoms with Crippen molar-refractivity contribution in [3.8, 4) is 16.9 Å². The minimum atomic E-state index is -0.0942. The predicted octanol–water partition coefficient (Wildman–Crippen LogP) is 3.58. The standard InChI is InChI=1S/C20H25NO2/c22-19-10-13-21(14-11-19)12-5-15-23-20-9-4-8-18(16-20)17-6-2-1-3-7-17/h1-4,6-9,16,19,22H,5,10-15H2. The molecular formula is C20H25NO2. The Morgan fingerprint density at radius 3 is 2.48 bits per heavy atom. The molecule has 0 spiro atoms. The number of aliphatic hydroxyl groups is 1. The van der Waals surface area contributed by atoms with Crippen LogP contribution in [0.2, 0.25) is 0 Å². The first-order valence-electron chi connectivity index (χ1n) is 8.50. The molecule has 1 fully saturated rings. The second kappa shape index (κ2) is 8.14. The van der Waals surface area contributed by atoms with Gasteiger partial charge in [0.25, 0.3) is 0 Å². The van der Waals surface area contributed by atoms with E-state index in [4.69, 9.17) is 4.74 Å². The van der Waals surface area contributed by atoms with E-state index in [9.17, 15) is 5.11 Å². The van der Waals surface area contributed by atoms with Gasteiger partial charge in [0.2, 0.25) is 0 Å². The van der Waals surface area contributed by atoms with Crippen LogP contribution >= 0.6 is 0 Å². The number of ether oxygens (including phenoxy) is 1. The lowest BCUT2D eigenvalue weighted by atomic mass is 10.1. The molecule has 3 rings (SSSR count). The molecule has 3 nitrogen and oxygen atoms in total. The minimum Gasteiger partial charge on any atom is -0.494 e. The number of hydrogen-bond acceptors (Lipinski definition) is 3. The average molecular weight is 311 g/mol. The van der Waals surface area contributed by atoms with Gasteiger partial charge in [-0.2, -0.15) is 0 Å². The molecule has 23 heavy (non-hydrogen) atoms. The Labute approximate surface area is 138 Å². The summed E-state index contributed by atoms with van der Waals surface area (Å²) in [5.74, 6) is 0.931. The van der Waals surface area contributed by atoms with Gasteiger partial charge in [0.15, 0.2) is 0 Å². The summed E-state index contributed by atoms with van der Waals surface area (Å²) in [6.07, 6.45) is 2.73. The fraction of sp³-hybridized carbons (Fsp3) is 0.400. The zero-order chi connectivity index (χ0) is 15.9. The van der Waals surface area contributed by atoms with E-state index in [1.807, 2.05) is 18.2 Å². The first-order valence-corrected chi connectivity index (χ1v) is 8.50. The van der Waals surface area contributed by atoms with Crippen LogP contribution in [0.5, 0.6) is 5.75 Å². The lowest BCUT2D eigenvalue weighted by molar-refractivity contribution is 0.0800. The number of nitrogens with zero attached hydrogens (tertiary/aromatic N) is 1. The summed E-state index contributed by atoms with van der Waals surface area (Å²) in [4.78, 5) is 2.41. The maximum atomic E-state index is 9.52. The van der Waals surface area contributed by atoms with Crippen LogP contribution in [0.4, 0.5) is 0 Å². The summed E-state index contributed by atoms with van der Waals surface area (Å²) in [5.41, 5.74) is 2.40. The normalized spacial score (nSPS) is 16.4. The van der Waals surface area contributed by atoms with Crippen LogP contribution in [0.3, 0.4) is 0 Å². The highest BCUT2D eigenvalue weighted by atomic mass is 16.5. The fourth-order valence-corrected chi connectivity index (χ4v) is 3.02. The van der Waals surface area contributed by atoms with Gasteiger partial charge in [-0.3, -0.25) is 0 Å². The highest BCUT2D eigenvalue weighted by molar-refractivity contribution is 5.64. The quantitative estimate of drug-likeness (QED) is 0.828. The highest BCUT2D eigenvalue weighted by Crippen LogP contribution is 2.23. The van der Waals surface area contributed by atoms with Crippen LogP contribution in [0, 0.1) is 0 Å². The van der Waals surface area contributed by atoms with Gasteiger partial charge in [0, 0.05) is 19.6 Å². The van der Waals surface area contributed by atoms with Crippen LogP contribution in [0.1, 0.15) is 19.3 Å². The summed E-state index contributed by atoms with van der Waals surface area (Å²) >= 11 is 0. The average Bonchev–Trinajstić information content (AvgIpc) is 2.61. The van der Waals surface area contributed by atoms with Crippen LogP contribution in [-0.2, 0) is 0 Å². The fourth-order valence-electron chi connectivity index (χ4n) is 3.02. The van der Waals surface area contributed by atoms with Crippen molar-refractivity contribution in [1.29, 1.82) is 0 Å². The zero-order valence-corrected chi connectivity index (χ0v) is 13.5. The molecule has 1 aliphatic heterocycles. The van der Waals surface area contributed by atoms with Gasteiger partial charge in [-0.1, -0.05) is 42.5 Å². The molecule has 0 atom stereocenters. The molecule has 3 heteroatoms. The van der Waals surface area contributed by atoms with Crippen molar-refractivity contribution in [2.75, 3.05) is 26.2 Å². The van der Waals surface area contributed by atoms with E-state index in [1.54, 1.807) is 0 Å². The first kappa shape index (κ1) is 16.0. The van der Waals surface area contributed by atoms with E-state index >= 15 is 0 Å². The second-order valence-corrected chi connectivity index (χ2v) is 6.17. The number of benzene rings is 2. The second-order valence-electron chi connectivity index (χ2n) is 6.17. The molecule has 1 N–H and O–H groups in total. The van der Waals surface area contributed by atoms with E-state index in [-0.39, 0.29) is 6.10 Å². The van der Waals surface area contributed by atoms with E-state index < -0.39 is 0 Å². The molecule has 0 unspecified atom stereocenters. The van der Waals surface area contributed by atoms with Gasteiger partial charge >= 0.3 is 0 Å². The van der Waals surface area contributed by atoms with E-state index in [1.165, 1.54) is 11.1 Å². The third kappa shape index (κ3) is 4.81. The molecule has 2 aromatic rings. The van der Waals surface area contributed by atoms with E-state index in [2.05, 4.69) is 41.3 Å². The van der Waals surface area contributed by atoms with Crippen molar-refractivity contribution in [3.63, 3.8) is 0 Å². The van der Waals surface area contributed by atoms with Crippen molar-refractivity contribution >= 4 is 0 Å². The van der Waals surface area contributed by atoms with Gasteiger partial charge in [-0.05, 0) is 42.5 Å². The monoisotopic (exact) mass is 311 g/mol.